The van der Waals surface area contributed by atoms with Crippen molar-refractivity contribution >= 4 is 23.4 Å². The molecule has 1 aliphatic heterocycles. The highest BCUT2D eigenvalue weighted by atomic mass is 35.5. The van der Waals surface area contributed by atoms with Crippen molar-refractivity contribution in [2.75, 3.05) is 25.6 Å². The van der Waals surface area contributed by atoms with Gasteiger partial charge in [0.1, 0.15) is 5.88 Å². The van der Waals surface area contributed by atoms with Gasteiger partial charge in [0.25, 0.3) is 0 Å². The van der Waals surface area contributed by atoms with Crippen molar-refractivity contribution in [3.63, 3.8) is 0 Å². The van der Waals surface area contributed by atoms with Crippen LogP contribution in [0.3, 0.4) is 0 Å². The first kappa shape index (κ1) is 13.3. The molecule has 0 saturated carbocycles. The number of carbonyl (C=O) groups excluding carboxylic acids is 2. The van der Waals surface area contributed by atoms with Crippen molar-refractivity contribution in [2.45, 2.75) is 25.4 Å². The molecule has 1 rings (SSSR count). The van der Waals surface area contributed by atoms with Gasteiger partial charge >= 0.3 is 0 Å². The molecule has 92 valence electrons. The van der Waals surface area contributed by atoms with E-state index in [-0.39, 0.29) is 30.2 Å². The quantitative estimate of drug-likeness (QED) is 0.652. The molecular weight excluding hydrogens is 232 g/mol. The number of rotatable bonds is 6. The van der Waals surface area contributed by atoms with Crippen molar-refractivity contribution in [1.29, 1.82) is 0 Å². The van der Waals surface area contributed by atoms with Crippen LogP contribution >= 0.6 is 11.6 Å². The average molecular weight is 249 g/mol. The number of carbonyl (C=O) groups is 2. The highest BCUT2D eigenvalue weighted by Crippen LogP contribution is 2.10. The van der Waals surface area contributed by atoms with Gasteiger partial charge in [0.15, 0.2) is 0 Å². The third kappa shape index (κ3) is 5.32. The summed E-state index contributed by atoms with van der Waals surface area (Å²) in [4.78, 5) is 22.1. The highest BCUT2D eigenvalue weighted by Gasteiger charge is 2.15. The molecule has 0 aromatic carbocycles. The molecule has 5 nitrogen and oxygen atoms in total. The second-order valence-electron chi connectivity index (χ2n) is 3.67. The van der Waals surface area contributed by atoms with E-state index in [9.17, 15) is 9.59 Å². The Bertz CT molecular complexity index is 242. The Morgan fingerprint density at radius 1 is 1.31 bits per heavy atom. The van der Waals surface area contributed by atoms with Gasteiger partial charge in [-0.05, 0) is 12.8 Å². The Hall–Kier alpha value is -0.810. The Balaban J connectivity index is 2.00. The van der Waals surface area contributed by atoms with E-state index >= 15 is 0 Å². The fourth-order valence-corrected chi connectivity index (χ4v) is 1.58. The van der Waals surface area contributed by atoms with Crippen LogP contribution in [0.1, 0.15) is 19.3 Å². The van der Waals surface area contributed by atoms with E-state index in [1.54, 1.807) is 0 Å². The second kappa shape index (κ2) is 7.46. The smallest absolute Gasteiger partial charge is 0.234 e. The average Bonchev–Trinajstić information content (AvgIpc) is 2.79. The topological polar surface area (TPSA) is 67.4 Å². The third-order valence-corrected chi connectivity index (χ3v) is 2.59. The fourth-order valence-electron chi connectivity index (χ4n) is 1.48. The maximum Gasteiger partial charge on any atom is 0.234 e. The lowest BCUT2D eigenvalue weighted by molar-refractivity contribution is -0.122. The summed E-state index contributed by atoms with van der Waals surface area (Å²) in [5.74, 6) is -0.406. The van der Waals surface area contributed by atoms with Crippen LogP contribution < -0.4 is 10.6 Å². The first-order valence-corrected chi connectivity index (χ1v) is 5.97. The van der Waals surface area contributed by atoms with E-state index in [4.69, 9.17) is 16.3 Å². The minimum Gasteiger partial charge on any atom is -0.376 e. The molecule has 2 N–H and O–H groups in total. The molecule has 1 saturated heterocycles. The Labute approximate surface area is 99.9 Å². The highest BCUT2D eigenvalue weighted by molar-refractivity contribution is 6.27. The van der Waals surface area contributed by atoms with E-state index in [0.717, 1.165) is 19.4 Å². The number of amides is 2. The third-order valence-electron chi connectivity index (χ3n) is 2.35. The second-order valence-corrected chi connectivity index (χ2v) is 3.94. The predicted molar refractivity (Wildman–Crippen MR) is 60.3 cm³/mol. The predicted octanol–water partition coefficient (Wildman–Crippen LogP) is 0.0267. The van der Waals surface area contributed by atoms with Crippen molar-refractivity contribution in [2.24, 2.45) is 0 Å². The Kier molecular flexibility index (Phi) is 6.18. The van der Waals surface area contributed by atoms with Crippen molar-refractivity contribution in [3.05, 3.63) is 0 Å². The van der Waals surface area contributed by atoms with E-state index in [1.165, 1.54) is 0 Å². The summed E-state index contributed by atoms with van der Waals surface area (Å²) in [5.41, 5.74) is 0. The van der Waals surface area contributed by atoms with Gasteiger partial charge in [-0.1, -0.05) is 0 Å². The summed E-state index contributed by atoms with van der Waals surface area (Å²) in [6.07, 6.45) is 2.49. The van der Waals surface area contributed by atoms with E-state index in [2.05, 4.69) is 10.6 Å². The molecule has 1 fully saturated rings. The van der Waals surface area contributed by atoms with Crippen LogP contribution in [0.15, 0.2) is 0 Å². The zero-order valence-corrected chi connectivity index (χ0v) is 9.89. The van der Waals surface area contributed by atoms with Gasteiger partial charge in [0, 0.05) is 26.1 Å². The first-order valence-electron chi connectivity index (χ1n) is 5.43. The summed E-state index contributed by atoms with van der Waals surface area (Å²) in [7, 11) is 0. The van der Waals surface area contributed by atoms with Crippen LogP contribution in [-0.2, 0) is 14.3 Å². The normalized spacial score (nSPS) is 19.4. The molecule has 2 amide bonds. The molecule has 0 aromatic heterocycles. The molecule has 1 aliphatic rings. The van der Waals surface area contributed by atoms with E-state index in [0.29, 0.717) is 13.1 Å². The molecule has 0 aliphatic carbocycles. The number of ether oxygens (including phenoxy) is 1. The van der Waals surface area contributed by atoms with Crippen molar-refractivity contribution in [1.82, 2.24) is 10.6 Å². The molecule has 1 unspecified atom stereocenters. The number of halogens is 1. The number of hydrogen-bond donors (Lipinski definition) is 2. The lowest BCUT2D eigenvalue weighted by Gasteiger charge is -2.10. The number of alkyl halides is 1. The van der Waals surface area contributed by atoms with Crippen molar-refractivity contribution < 1.29 is 14.3 Å². The van der Waals surface area contributed by atoms with Gasteiger partial charge in [-0.2, -0.15) is 0 Å². The molecule has 0 radical (unpaired) electrons. The van der Waals surface area contributed by atoms with Crippen LogP contribution in [0.5, 0.6) is 0 Å². The minimum atomic E-state index is -0.256. The molecule has 1 atom stereocenters. The lowest BCUT2D eigenvalue weighted by Crippen LogP contribution is -2.35. The van der Waals surface area contributed by atoms with Crippen LogP contribution in [0.4, 0.5) is 0 Å². The molecule has 1 heterocycles. The van der Waals surface area contributed by atoms with Gasteiger partial charge in [0.2, 0.25) is 11.8 Å². The van der Waals surface area contributed by atoms with Crippen LogP contribution in [0.2, 0.25) is 0 Å². The number of nitrogens with one attached hydrogen (secondary N) is 2. The molecule has 0 spiro atoms. The maximum absolute atomic E-state index is 11.3. The van der Waals surface area contributed by atoms with E-state index in [1.807, 2.05) is 0 Å². The summed E-state index contributed by atoms with van der Waals surface area (Å²) in [6.45, 7) is 1.66. The van der Waals surface area contributed by atoms with Gasteiger partial charge < -0.3 is 15.4 Å². The van der Waals surface area contributed by atoms with Crippen molar-refractivity contribution in [3.8, 4) is 0 Å². The minimum absolute atomic E-state index is 0.0719. The van der Waals surface area contributed by atoms with Gasteiger partial charge in [-0.25, -0.2) is 0 Å². The molecule has 6 heteroatoms. The summed E-state index contributed by atoms with van der Waals surface area (Å²) in [5, 5.41) is 5.30. The molecule has 0 aromatic rings. The first-order chi connectivity index (χ1) is 7.72. The summed E-state index contributed by atoms with van der Waals surface area (Å²) < 4.78 is 5.36. The molecule has 0 bridgehead atoms. The Morgan fingerprint density at radius 3 is 2.75 bits per heavy atom. The van der Waals surface area contributed by atoms with Crippen LogP contribution in [-0.4, -0.2) is 43.5 Å². The molecule has 16 heavy (non-hydrogen) atoms. The van der Waals surface area contributed by atoms with Crippen LogP contribution in [0, 0.1) is 0 Å². The van der Waals surface area contributed by atoms with Gasteiger partial charge in [-0.15, -0.1) is 11.6 Å². The van der Waals surface area contributed by atoms with Gasteiger partial charge in [0.05, 0.1) is 6.10 Å². The fraction of sp³-hybridized carbons (Fsp3) is 0.800. The van der Waals surface area contributed by atoms with E-state index < -0.39 is 0 Å². The van der Waals surface area contributed by atoms with Crippen LogP contribution in [0.25, 0.3) is 0 Å². The summed E-state index contributed by atoms with van der Waals surface area (Å²) in [6, 6.07) is 0. The molecular formula is C10H17ClN2O3. The Morgan fingerprint density at radius 2 is 2.12 bits per heavy atom. The SMILES string of the molecule is O=C(CCl)NCCC(=O)NCC1CCCO1. The zero-order chi connectivity index (χ0) is 11.8. The standard InChI is InChI=1S/C10H17ClN2O3/c11-6-10(15)12-4-3-9(14)13-7-8-2-1-5-16-8/h8H,1-7H2,(H,12,15)(H,13,14). The maximum atomic E-state index is 11.3. The largest absolute Gasteiger partial charge is 0.376 e. The monoisotopic (exact) mass is 248 g/mol. The zero-order valence-electron chi connectivity index (χ0n) is 9.13. The lowest BCUT2D eigenvalue weighted by atomic mass is 10.2. The summed E-state index contributed by atoms with van der Waals surface area (Å²) >= 11 is 5.29. The number of hydrogen-bond acceptors (Lipinski definition) is 3. The van der Waals surface area contributed by atoms with Gasteiger partial charge in [-0.3, -0.25) is 9.59 Å².